The summed E-state index contributed by atoms with van der Waals surface area (Å²) in [7, 11) is 0. The molecule has 0 radical (unpaired) electrons. The molecule has 2 rings (SSSR count). The van der Waals surface area contributed by atoms with Crippen LogP contribution >= 0.6 is 11.6 Å². The zero-order chi connectivity index (χ0) is 18.7. The van der Waals surface area contributed by atoms with Crippen molar-refractivity contribution in [2.75, 3.05) is 0 Å². The molecule has 5 nitrogen and oxygen atoms in total. The molecule has 6 heteroatoms. The van der Waals surface area contributed by atoms with E-state index in [1.807, 2.05) is 13.8 Å². The summed E-state index contributed by atoms with van der Waals surface area (Å²) in [5.74, 6) is 1.33. The van der Waals surface area contributed by atoms with Gasteiger partial charge in [0.25, 0.3) is 0 Å². The second-order valence-electron chi connectivity index (χ2n) is 5.51. The lowest BCUT2D eigenvalue weighted by Gasteiger charge is -2.21. The van der Waals surface area contributed by atoms with E-state index in [9.17, 15) is 14.7 Å². The van der Waals surface area contributed by atoms with Crippen molar-refractivity contribution in [3.05, 3.63) is 50.6 Å². The van der Waals surface area contributed by atoms with Crippen LogP contribution in [0.3, 0.4) is 0 Å². The van der Waals surface area contributed by atoms with Crippen LogP contribution in [0.15, 0.2) is 29.1 Å². The Morgan fingerprint density at radius 1 is 1.44 bits per heavy atom. The molecule has 0 saturated carbocycles. The number of aromatic nitrogens is 1. The summed E-state index contributed by atoms with van der Waals surface area (Å²) in [5, 5.41) is 10.0. The maximum Gasteiger partial charge on any atom is 0.341 e. The molecule has 0 aliphatic heterocycles. The Hall–Kier alpha value is -2.71. The number of carboxylic acids is 1. The van der Waals surface area contributed by atoms with Crippen LogP contribution in [0, 0.1) is 19.3 Å². The molecule has 1 aromatic carbocycles. The molecule has 0 aliphatic rings. The molecular weight excluding hydrogens is 342 g/mol. The number of carboxylic acid groups (broad SMARTS) is 1. The van der Waals surface area contributed by atoms with E-state index in [1.54, 1.807) is 29.7 Å². The Kier molecular flexibility index (Phi) is 5.55. The van der Waals surface area contributed by atoms with Gasteiger partial charge in [-0.25, -0.2) is 4.79 Å². The van der Waals surface area contributed by atoms with Gasteiger partial charge in [-0.2, -0.15) is 0 Å². The molecule has 130 valence electrons. The quantitative estimate of drug-likeness (QED) is 0.828. The van der Waals surface area contributed by atoms with Crippen LogP contribution in [0.2, 0.25) is 5.02 Å². The summed E-state index contributed by atoms with van der Waals surface area (Å²) in [4.78, 5) is 24.1. The number of ether oxygens (including phenoxy) is 1. The number of aromatic carboxylic acids is 1. The van der Waals surface area contributed by atoms with Gasteiger partial charge in [0.1, 0.15) is 5.56 Å². The predicted octanol–water partition coefficient (Wildman–Crippen LogP) is 3.60. The molecule has 0 amide bonds. The fourth-order valence-electron chi connectivity index (χ4n) is 2.50. The highest BCUT2D eigenvalue weighted by atomic mass is 35.5. The standard InChI is InChI=1S/C19H18ClNO4/c1-5-12(4)25-16-10-15(22)17(19(23)24)18(21(16)6-2)13-8-7-11(3)14(20)9-13/h1,7-10,12H,6H2,2-4H3,(H,23,24). The van der Waals surface area contributed by atoms with E-state index in [0.717, 1.165) is 11.6 Å². The Morgan fingerprint density at radius 3 is 2.64 bits per heavy atom. The van der Waals surface area contributed by atoms with Crippen LogP contribution in [0.5, 0.6) is 5.88 Å². The van der Waals surface area contributed by atoms with E-state index in [4.69, 9.17) is 22.8 Å². The smallest absolute Gasteiger partial charge is 0.341 e. The molecule has 0 fully saturated rings. The number of pyridine rings is 1. The number of aryl methyl sites for hydroxylation is 1. The van der Waals surface area contributed by atoms with Crippen molar-refractivity contribution in [1.82, 2.24) is 4.57 Å². The lowest BCUT2D eigenvalue weighted by atomic mass is 10.0. The lowest BCUT2D eigenvalue weighted by Crippen LogP contribution is -2.24. The first-order chi connectivity index (χ1) is 11.8. The number of carbonyl (C=O) groups is 1. The average molecular weight is 360 g/mol. The molecule has 2 aromatic rings. The number of hydrogen-bond acceptors (Lipinski definition) is 3. The van der Waals surface area contributed by atoms with E-state index >= 15 is 0 Å². The maximum absolute atomic E-state index is 12.4. The SMILES string of the molecule is C#CC(C)Oc1cc(=O)c(C(=O)O)c(-c2ccc(C)c(Cl)c2)n1CC. The van der Waals surface area contributed by atoms with Crippen molar-refractivity contribution in [3.63, 3.8) is 0 Å². The Balaban J connectivity index is 2.86. The van der Waals surface area contributed by atoms with Crippen LogP contribution in [-0.4, -0.2) is 21.7 Å². The summed E-state index contributed by atoms with van der Waals surface area (Å²) in [6.07, 6.45) is 4.77. The summed E-state index contributed by atoms with van der Waals surface area (Å²) in [5.41, 5.74) is 0.626. The third-order valence-corrected chi connectivity index (χ3v) is 4.19. The van der Waals surface area contributed by atoms with E-state index in [2.05, 4.69) is 5.92 Å². The van der Waals surface area contributed by atoms with Gasteiger partial charge < -0.3 is 14.4 Å². The number of terminal acetylenes is 1. The third kappa shape index (κ3) is 3.70. The van der Waals surface area contributed by atoms with Crippen LogP contribution < -0.4 is 10.2 Å². The van der Waals surface area contributed by atoms with Crippen LogP contribution in [0.1, 0.15) is 29.8 Å². The van der Waals surface area contributed by atoms with E-state index in [-0.39, 0.29) is 17.1 Å². The average Bonchev–Trinajstić information content (AvgIpc) is 2.56. The molecule has 0 spiro atoms. The summed E-state index contributed by atoms with van der Waals surface area (Å²) in [6.45, 7) is 5.71. The minimum absolute atomic E-state index is 0.217. The molecule has 1 heterocycles. The summed E-state index contributed by atoms with van der Waals surface area (Å²) < 4.78 is 7.23. The second kappa shape index (κ2) is 7.45. The fourth-order valence-corrected chi connectivity index (χ4v) is 2.68. The van der Waals surface area contributed by atoms with Crippen molar-refractivity contribution >= 4 is 17.6 Å². The lowest BCUT2D eigenvalue weighted by molar-refractivity contribution is 0.0695. The first-order valence-corrected chi connectivity index (χ1v) is 8.08. The molecule has 1 unspecified atom stereocenters. The molecule has 25 heavy (non-hydrogen) atoms. The highest BCUT2D eigenvalue weighted by molar-refractivity contribution is 6.31. The van der Waals surface area contributed by atoms with Crippen molar-refractivity contribution < 1.29 is 14.6 Å². The van der Waals surface area contributed by atoms with Gasteiger partial charge >= 0.3 is 5.97 Å². The van der Waals surface area contributed by atoms with Crippen molar-refractivity contribution in [2.24, 2.45) is 0 Å². The Morgan fingerprint density at radius 2 is 2.12 bits per heavy atom. The predicted molar refractivity (Wildman–Crippen MR) is 97.4 cm³/mol. The van der Waals surface area contributed by atoms with Gasteiger partial charge in [-0.15, -0.1) is 6.42 Å². The number of hydrogen-bond donors (Lipinski definition) is 1. The van der Waals surface area contributed by atoms with Gasteiger partial charge in [0.15, 0.2) is 12.0 Å². The highest BCUT2D eigenvalue weighted by Gasteiger charge is 2.23. The molecule has 1 N–H and O–H groups in total. The zero-order valence-electron chi connectivity index (χ0n) is 14.2. The molecule has 1 aromatic heterocycles. The van der Waals surface area contributed by atoms with Gasteiger partial charge in [-0.1, -0.05) is 29.7 Å². The van der Waals surface area contributed by atoms with Crippen LogP contribution in [0.4, 0.5) is 0 Å². The first-order valence-electron chi connectivity index (χ1n) is 7.70. The number of halogens is 1. The zero-order valence-corrected chi connectivity index (χ0v) is 14.9. The van der Waals surface area contributed by atoms with E-state index < -0.39 is 17.5 Å². The first kappa shape index (κ1) is 18.6. The number of benzene rings is 1. The molecular formula is C19H18ClNO4. The minimum Gasteiger partial charge on any atom is -0.477 e. The number of rotatable bonds is 5. The third-order valence-electron chi connectivity index (χ3n) is 3.78. The van der Waals surface area contributed by atoms with Crippen molar-refractivity contribution in [3.8, 4) is 29.5 Å². The topological polar surface area (TPSA) is 68.5 Å². The normalized spacial score (nSPS) is 11.6. The van der Waals surface area contributed by atoms with E-state index in [0.29, 0.717) is 17.1 Å². The number of nitrogens with zero attached hydrogens (tertiary/aromatic N) is 1. The van der Waals surface area contributed by atoms with Gasteiger partial charge in [0.05, 0.1) is 5.69 Å². The summed E-state index contributed by atoms with van der Waals surface area (Å²) >= 11 is 6.18. The Bertz CT molecular complexity index is 924. The monoisotopic (exact) mass is 359 g/mol. The molecule has 1 atom stereocenters. The second-order valence-corrected chi connectivity index (χ2v) is 5.92. The minimum atomic E-state index is -1.31. The molecule has 0 aliphatic carbocycles. The van der Waals surface area contributed by atoms with Gasteiger partial charge in [-0.3, -0.25) is 4.79 Å². The van der Waals surface area contributed by atoms with Crippen LogP contribution in [-0.2, 0) is 6.54 Å². The van der Waals surface area contributed by atoms with Crippen molar-refractivity contribution in [1.29, 1.82) is 0 Å². The Labute approximate surface area is 150 Å². The molecule has 0 bridgehead atoms. The maximum atomic E-state index is 12.4. The van der Waals surface area contributed by atoms with Crippen LogP contribution in [0.25, 0.3) is 11.3 Å². The largest absolute Gasteiger partial charge is 0.477 e. The van der Waals surface area contributed by atoms with E-state index in [1.165, 1.54) is 0 Å². The van der Waals surface area contributed by atoms with Gasteiger partial charge in [0, 0.05) is 23.2 Å². The van der Waals surface area contributed by atoms with Gasteiger partial charge in [0.2, 0.25) is 5.43 Å². The fraction of sp³-hybridized carbons (Fsp3) is 0.263. The summed E-state index contributed by atoms with van der Waals surface area (Å²) in [6, 6.07) is 6.28. The molecule has 0 saturated heterocycles. The highest BCUT2D eigenvalue weighted by Crippen LogP contribution is 2.30. The van der Waals surface area contributed by atoms with Gasteiger partial charge in [-0.05, 0) is 32.4 Å². The van der Waals surface area contributed by atoms with Crippen molar-refractivity contribution in [2.45, 2.75) is 33.4 Å².